The first kappa shape index (κ1) is 51.8. The molecule has 3 saturated heterocycles. The molecule has 368 valence electrons. The first-order valence-corrected chi connectivity index (χ1v) is 24.9. The number of ether oxygens (including phenoxy) is 4. The Balaban J connectivity index is 1.47. The zero-order valence-corrected chi connectivity index (χ0v) is 43.6. The van der Waals surface area contributed by atoms with Gasteiger partial charge >= 0.3 is 23.9 Å². The van der Waals surface area contributed by atoms with Crippen LogP contribution in [0.5, 0.6) is 0 Å². The molecule has 0 amide bonds. The van der Waals surface area contributed by atoms with Gasteiger partial charge in [-0.2, -0.15) is 0 Å². The van der Waals surface area contributed by atoms with Crippen LogP contribution in [0, 0.1) is 10.8 Å². The summed E-state index contributed by atoms with van der Waals surface area (Å²) in [7, 11) is 0. The van der Waals surface area contributed by atoms with Crippen molar-refractivity contribution in [1.29, 1.82) is 0 Å². The monoisotopic (exact) mass is 916 g/mol. The van der Waals surface area contributed by atoms with Crippen LogP contribution in [0.2, 0.25) is 0 Å². The van der Waals surface area contributed by atoms with Crippen molar-refractivity contribution in [3.63, 3.8) is 0 Å². The summed E-state index contributed by atoms with van der Waals surface area (Å²) < 4.78 is 25.5. The minimum Gasteiger partial charge on any atom is -0.459 e. The average Bonchev–Trinajstić information content (AvgIpc) is 3.43. The molecule has 1 aliphatic carbocycles. The van der Waals surface area contributed by atoms with Gasteiger partial charge in [0.2, 0.25) is 0 Å². The minimum atomic E-state index is -0.645. The minimum absolute atomic E-state index is 0.0691. The highest BCUT2D eigenvalue weighted by atomic mass is 16.6. The quantitative estimate of drug-likeness (QED) is 0.132. The van der Waals surface area contributed by atoms with E-state index >= 15 is 0 Å². The first-order valence-electron chi connectivity index (χ1n) is 24.9. The predicted molar refractivity (Wildman–Crippen MR) is 262 cm³/mol. The van der Waals surface area contributed by atoms with Crippen LogP contribution in [0.25, 0.3) is 10.8 Å². The van der Waals surface area contributed by atoms with Crippen LogP contribution < -0.4 is 16.0 Å². The molecule has 4 fully saturated rings. The molecule has 0 radical (unpaired) electrons. The Labute approximate surface area is 396 Å². The number of fused-ring (bicyclic) bond motifs is 1. The fourth-order valence-corrected chi connectivity index (χ4v) is 12.7. The van der Waals surface area contributed by atoms with E-state index in [9.17, 15) is 19.2 Å². The maximum atomic E-state index is 14.9. The van der Waals surface area contributed by atoms with Crippen LogP contribution in [-0.4, -0.2) is 81.5 Å². The Hall–Kier alpha value is -3.54. The maximum absolute atomic E-state index is 14.9. The zero-order valence-electron chi connectivity index (χ0n) is 43.6. The molecular formula is C55H85N3O8. The summed E-state index contributed by atoms with van der Waals surface area (Å²) in [4.78, 5) is 58.8. The standard InChI is InChI=1S/C55H85N3O8/c1-48(2)21-17-36(29-49(3,4)33-48)65-46(61)42-27-34(44(59)63-37-18-22-50(5,6)56-53(11,12)30-37)26-41-40(42)25-35(45(60)64-38-19-23-51(7,8)57-54(13,14)31-38)28-43(41)47(62)66-39-20-24-52(9,10)58-55(15,16)32-39/h25-28,36-39,56-58H,17-24,29-33H2,1-16H3. The van der Waals surface area contributed by atoms with Crippen molar-refractivity contribution in [3.8, 4) is 0 Å². The van der Waals surface area contributed by atoms with Gasteiger partial charge in [-0.1, -0.05) is 27.7 Å². The van der Waals surface area contributed by atoms with E-state index in [0.29, 0.717) is 62.1 Å². The number of carbonyl (C=O) groups is 4. The molecule has 11 heteroatoms. The summed E-state index contributed by atoms with van der Waals surface area (Å²) in [6.45, 7) is 34.5. The van der Waals surface area contributed by atoms with Crippen molar-refractivity contribution in [1.82, 2.24) is 16.0 Å². The van der Waals surface area contributed by atoms with Crippen molar-refractivity contribution in [2.75, 3.05) is 0 Å². The number of rotatable bonds is 8. The molecule has 11 nitrogen and oxygen atoms in total. The van der Waals surface area contributed by atoms with E-state index in [0.717, 1.165) is 32.1 Å². The highest BCUT2D eigenvalue weighted by molar-refractivity contribution is 6.15. The largest absolute Gasteiger partial charge is 0.459 e. The van der Waals surface area contributed by atoms with Crippen LogP contribution in [-0.2, 0) is 18.9 Å². The number of hydrogen-bond acceptors (Lipinski definition) is 11. The number of benzene rings is 2. The van der Waals surface area contributed by atoms with Gasteiger partial charge in [-0.3, -0.25) is 0 Å². The molecule has 4 unspecified atom stereocenters. The number of carbonyl (C=O) groups excluding carboxylic acids is 4. The van der Waals surface area contributed by atoms with Gasteiger partial charge in [0.15, 0.2) is 0 Å². The fraction of sp³-hybridized carbons (Fsp3) is 0.745. The third-order valence-corrected chi connectivity index (χ3v) is 14.5. The van der Waals surface area contributed by atoms with Gasteiger partial charge in [-0.25, -0.2) is 19.2 Å². The molecule has 66 heavy (non-hydrogen) atoms. The van der Waals surface area contributed by atoms with Gasteiger partial charge in [0, 0.05) is 52.5 Å². The number of nitrogens with one attached hydrogen (secondary N) is 3. The first-order chi connectivity index (χ1) is 30.1. The van der Waals surface area contributed by atoms with Gasteiger partial charge < -0.3 is 34.9 Å². The van der Waals surface area contributed by atoms with E-state index in [-0.39, 0.29) is 72.4 Å². The van der Waals surface area contributed by atoms with E-state index in [1.165, 1.54) is 12.1 Å². The van der Waals surface area contributed by atoms with Crippen molar-refractivity contribution >= 4 is 34.6 Å². The summed E-state index contributed by atoms with van der Waals surface area (Å²) in [6, 6.07) is 6.27. The molecule has 6 rings (SSSR count). The third kappa shape index (κ3) is 13.8. The number of hydrogen-bond donors (Lipinski definition) is 3. The Kier molecular flexibility index (Phi) is 14.5. The molecule has 2 aromatic carbocycles. The van der Waals surface area contributed by atoms with E-state index in [4.69, 9.17) is 18.9 Å². The van der Waals surface area contributed by atoms with E-state index in [2.05, 4.69) is 127 Å². The second kappa shape index (κ2) is 18.4. The Morgan fingerprint density at radius 2 is 0.697 bits per heavy atom. The van der Waals surface area contributed by atoms with Crippen molar-refractivity contribution in [2.24, 2.45) is 10.8 Å². The van der Waals surface area contributed by atoms with Gasteiger partial charge in [-0.05, 0) is 193 Å². The molecule has 3 aliphatic heterocycles. The molecule has 4 aliphatic rings. The molecule has 1 saturated carbocycles. The van der Waals surface area contributed by atoms with Crippen LogP contribution in [0.4, 0.5) is 0 Å². The second-order valence-electron chi connectivity index (χ2n) is 26.4. The van der Waals surface area contributed by atoms with Gasteiger partial charge in [-0.15, -0.1) is 0 Å². The Morgan fingerprint density at radius 1 is 0.394 bits per heavy atom. The zero-order chi connectivity index (χ0) is 49.1. The molecule has 3 N–H and O–H groups in total. The van der Waals surface area contributed by atoms with Crippen LogP contribution in [0.3, 0.4) is 0 Å². The highest BCUT2D eigenvalue weighted by Crippen LogP contribution is 2.45. The Morgan fingerprint density at radius 3 is 1.05 bits per heavy atom. The smallest absolute Gasteiger partial charge is 0.339 e. The molecule has 4 atom stereocenters. The van der Waals surface area contributed by atoms with Gasteiger partial charge in [0.1, 0.15) is 24.4 Å². The lowest BCUT2D eigenvalue weighted by Crippen LogP contribution is -2.51. The normalized spacial score (nSPS) is 28.5. The van der Waals surface area contributed by atoms with Crippen LogP contribution in [0.1, 0.15) is 236 Å². The van der Waals surface area contributed by atoms with Crippen molar-refractivity contribution in [2.45, 2.75) is 252 Å². The van der Waals surface area contributed by atoms with Crippen molar-refractivity contribution in [3.05, 3.63) is 46.5 Å². The molecule has 0 aromatic heterocycles. The molecule has 2 aromatic rings. The fourth-order valence-electron chi connectivity index (χ4n) is 12.7. The van der Waals surface area contributed by atoms with Crippen molar-refractivity contribution < 1.29 is 38.1 Å². The number of esters is 4. The van der Waals surface area contributed by atoms with Gasteiger partial charge in [0.05, 0.1) is 22.3 Å². The third-order valence-electron chi connectivity index (χ3n) is 14.5. The van der Waals surface area contributed by atoms with E-state index in [1.54, 1.807) is 12.1 Å². The molecule has 3 heterocycles. The lowest BCUT2D eigenvalue weighted by molar-refractivity contribution is 0.0185. The predicted octanol–water partition coefficient (Wildman–Crippen LogP) is 11.6. The van der Waals surface area contributed by atoms with E-state index in [1.807, 2.05) is 0 Å². The highest BCUT2D eigenvalue weighted by Gasteiger charge is 2.41. The van der Waals surface area contributed by atoms with Crippen LogP contribution in [0.15, 0.2) is 24.3 Å². The average molecular weight is 916 g/mol. The lowest BCUT2D eigenvalue weighted by atomic mass is 9.74. The molecule has 0 bridgehead atoms. The van der Waals surface area contributed by atoms with E-state index < -0.39 is 42.2 Å². The second-order valence-corrected chi connectivity index (χ2v) is 26.4. The van der Waals surface area contributed by atoms with Crippen LogP contribution >= 0.6 is 0 Å². The summed E-state index contributed by atoms with van der Waals surface area (Å²) in [5.41, 5.74) is -1.06. The lowest BCUT2D eigenvalue weighted by Gasteiger charge is -2.34. The summed E-state index contributed by atoms with van der Waals surface area (Å²) in [5.74, 6) is -2.47. The van der Waals surface area contributed by atoms with Gasteiger partial charge in [0.25, 0.3) is 0 Å². The summed E-state index contributed by atoms with van der Waals surface area (Å²) in [6.07, 6.45) is 7.68. The topological polar surface area (TPSA) is 141 Å². The molecular weight excluding hydrogens is 831 g/mol. The summed E-state index contributed by atoms with van der Waals surface area (Å²) >= 11 is 0. The SMILES string of the molecule is CC1(C)CCC(OC(=O)c2cc(C(=O)OC3CCC(C)(C)NC(C)(C)C3)cc3c(C(=O)OC4CCC(C)(C)NC(C)(C)C4)cc(C(=O)OC4CCC(C)(C)NC(C)(C)C4)cc23)CC(C)(C)C1. The summed E-state index contributed by atoms with van der Waals surface area (Å²) in [5, 5.41) is 11.7. The molecule has 0 spiro atoms. The maximum Gasteiger partial charge on any atom is 0.339 e. The Bertz CT molecular complexity index is 2010.